The van der Waals surface area contributed by atoms with Gasteiger partial charge in [0.25, 0.3) is 0 Å². The molecule has 0 bridgehead atoms. The van der Waals surface area contributed by atoms with Gasteiger partial charge in [-0.1, -0.05) is 24.3 Å². The van der Waals surface area contributed by atoms with E-state index < -0.39 is 25.4 Å². The SMILES string of the molecule is CC1(NS(=O)(=O)C2=Cc3ccccc3CC2)CCS(=O)(=O)C1. The maximum absolute atomic E-state index is 12.6. The van der Waals surface area contributed by atoms with Crippen molar-refractivity contribution in [1.82, 2.24) is 4.72 Å². The van der Waals surface area contributed by atoms with Gasteiger partial charge in [-0.05, 0) is 43.4 Å². The predicted molar refractivity (Wildman–Crippen MR) is 86.5 cm³/mol. The second-order valence-electron chi connectivity index (χ2n) is 6.32. The van der Waals surface area contributed by atoms with Crippen LogP contribution in [0.3, 0.4) is 0 Å². The normalized spacial score (nSPS) is 27.2. The van der Waals surface area contributed by atoms with Crippen LogP contribution in [-0.4, -0.2) is 33.9 Å². The molecule has 1 heterocycles. The highest BCUT2D eigenvalue weighted by Gasteiger charge is 2.41. The van der Waals surface area contributed by atoms with E-state index in [0.29, 0.717) is 24.2 Å². The van der Waals surface area contributed by atoms with Gasteiger partial charge < -0.3 is 0 Å². The van der Waals surface area contributed by atoms with Crippen molar-refractivity contribution in [3.63, 3.8) is 0 Å². The van der Waals surface area contributed by atoms with Gasteiger partial charge in [-0.15, -0.1) is 0 Å². The molecule has 1 saturated heterocycles. The van der Waals surface area contributed by atoms with Crippen LogP contribution in [0.5, 0.6) is 0 Å². The fourth-order valence-corrected chi connectivity index (χ4v) is 6.89. The molecule has 0 radical (unpaired) electrons. The van der Waals surface area contributed by atoms with Crippen molar-refractivity contribution < 1.29 is 16.8 Å². The molecule has 0 saturated carbocycles. The predicted octanol–water partition coefficient (Wildman–Crippen LogP) is 1.47. The highest BCUT2D eigenvalue weighted by molar-refractivity contribution is 7.94. The Hall–Kier alpha value is -1.18. The van der Waals surface area contributed by atoms with Crippen molar-refractivity contribution in [2.75, 3.05) is 11.5 Å². The van der Waals surface area contributed by atoms with E-state index in [0.717, 1.165) is 11.1 Å². The van der Waals surface area contributed by atoms with E-state index in [1.807, 2.05) is 24.3 Å². The van der Waals surface area contributed by atoms with Gasteiger partial charge in [-0.2, -0.15) is 0 Å². The lowest BCUT2D eigenvalue weighted by Gasteiger charge is -2.25. The molecule has 2 aliphatic rings. The monoisotopic (exact) mass is 341 g/mol. The zero-order chi connectivity index (χ0) is 16.0. The Kier molecular flexibility index (Phi) is 3.70. The summed E-state index contributed by atoms with van der Waals surface area (Å²) in [6.07, 6.45) is 3.12. The molecule has 22 heavy (non-hydrogen) atoms. The summed E-state index contributed by atoms with van der Waals surface area (Å²) in [6.45, 7) is 1.66. The highest BCUT2D eigenvalue weighted by atomic mass is 32.2. The zero-order valence-electron chi connectivity index (χ0n) is 12.4. The number of sulfone groups is 1. The number of hydrogen-bond acceptors (Lipinski definition) is 4. The molecule has 1 aromatic rings. The average molecular weight is 341 g/mol. The quantitative estimate of drug-likeness (QED) is 0.903. The topological polar surface area (TPSA) is 80.3 Å². The smallest absolute Gasteiger partial charge is 0.229 e. The van der Waals surface area contributed by atoms with Gasteiger partial charge in [0.15, 0.2) is 9.84 Å². The van der Waals surface area contributed by atoms with Gasteiger partial charge in [-0.3, -0.25) is 0 Å². The molecule has 1 aromatic carbocycles. The Labute approximate surface area is 131 Å². The Morgan fingerprint density at radius 1 is 1.18 bits per heavy atom. The molecule has 7 heteroatoms. The first-order chi connectivity index (χ1) is 10.2. The van der Waals surface area contributed by atoms with E-state index in [-0.39, 0.29) is 11.5 Å². The van der Waals surface area contributed by atoms with Crippen molar-refractivity contribution in [3.8, 4) is 0 Å². The molecule has 1 fully saturated rings. The maximum Gasteiger partial charge on any atom is 0.237 e. The molecule has 1 aliphatic heterocycles. The Morgan fingerprint density at radius 3 is 2.59 bits per heavy atom. The van der Waals surface area contributed by atoms with E-state index in [1.54, 1.807) is 13.0 Å². The van der Waals surface area contributed by atoms with Crippen LogP contribution in [-0.2, 0) is 26.3 Å². The van der Waals surface area contributed by atoms with Crippen LogP contribution in [0.2, 0.25) is 0 Å². The largest absolute Gasteiger partial charge is 0.237 e. The summed E-state index contributed by atoms with van der Waals surface area (Å²) >= 11 is 0. The lowest BCUT2D eigenvalue weighted by atomic mass is 9.98. The highest BCUT2D eigenvalue weighted by Crippen LogP contribution is 2.30. The summed E-state index contributed by atoms with van der Waals surface area (Å²) in [5.74, 6) is -0.100. The summed E-state index contributed by atoms with van der Waals surface area (Å²) in [6, 6.07) is 7.71. The van der Waals surface area contributed by atoms with Crippen molar-refractivity contribution in [2.45, 2.75) is 31.7 Å². The number of rotatable bonds is 3. The molecular formula is C15H19NO4S2. The van der Waals surface area contributed by atoms with Crippen molar-refractivity contribution in [2.24, 2.45) is 0 Å². The fraction of sp³-hybridized carbons (Fsp3) is 0.467. The summed E-state index contributed by atoms with van der Waals surface area (Å²) in [7, 11) is -6.82. The summed E-state index contributed by atoms with van der Waals surface area (Å²) in [5, 5.41) is 0. The van der Waals surface area contributed by atoms with Crippen LogP contribution >= 0.6 is 0 Å². The Morgan fingerprint density at radius 2 is 1.91 bits per heavy atom. The van der Waals surface area contributed by atoms with Gasteiger partial charge in [-0.25, -0.2) is 21.6 Å². The lowest BCUT2D eigenvalue weighted by Crippen LogP contribution is -2.47. The third kappa shape index (κ3) is 3.11. The van der Waals surface area contributed by atoms with Gasteiger partial charge in [0, 0.05) is 5.54 Å². The summed E-state index contributed by atoms with van der Waals surface area (Å²) < 4.78 is 51.0. The van der Waals surface area contributed by atoms with Crippen LogP contribution in [0.15, 0.2) is 29.2 Å². The number of sulfonamides is 1. The number of aryl methyl sites for hydroxylation is 1. The Balaban J connectivity index is 1.87. The first kappa shape index (κ1) is 15.7. The van der Waals surface area contributed by atoms with E-state index in [9.17, 15) is 16.8 Å². The third-order valence-electron chi connectivity index (χ3n) is 4.24. The molecule has 1 aliphatic carbocycles. The second kappa shape index (κ2) is 5.18. The Bertz CT molecular complexity index is 840. The zero-order valence-corrected chi connectivity index (χ0v) is 14.0. The van der Waals surface area contributed by atoms with Crippen LogP contribution in [0, 0.1) is 0 Å². The van der Waals surface area contributed by atoms with Crippen LogP contribution in [0.1, 0.15) is 30.9 Å². The molecule has 1 unspecified atom stereocenters. The second-order valence-corrected chi connectivity index (χ2v) is 10.2. The summed E-state index contributed by atoms with van der Waals surface area (Å²) in [4.78, 5) is 0.330. The molecular weight excluding hydrogens is 322 g/mol. The number of allylic oxidation sites excluding steroid dienone is 1. The molecule has 5 nitrogen and oxygen atoms in total. The number of fused-ring (bicyclic) bond motifs is 1. The van der Waals surface area contributed by atoms with Crippen LogP contribution in [0.25, 0.3) is 6.08 Å². The first-order valence-corrected chi connectivity index (χ1v) is 10.5. The molecule has 1 N–H and O–H groups in total. The lowest BCUT2D eigenvalue weighted by molar-refractivity contribution is 0.464. The first-order valence-electron chi connectivity index (χ1n) is 7.22. The molecule has 3 rings (SSSR count). The van der Waals surface area contributed by atoms with Crippen LogP contribution in [0.4, 0.5) is 0 Å². The van der Waals surface area contributed by atoms with E-state index in [2.05, 4.69) is 4.72 Å². The summed E-state index contributed by atoms with van der Waals surface area (Å²) in [5.41, 5.74) is 1.14. The number of benzene rings is 1. The minimum absolute atomic E-state index is 0.0356. The molecule has 0 spiro atoms. The third-order valence-corrected chi connectivity index (χ3v) is 7.92. The number of hydrogen-bond donors (Lipinski definition) is 1. The van der Waals surface area contributed by atoms with Gasteiger partial charge in [0.2, 0.25) is 10.0 Å². The van der Waals surface area contributed by atoms with Crippen molar-refractivity contribution in [3.05, 3.63) is 40.3 Å². The van der Waals surface area contributed by atoms with E-state index in [4.69, 9.17) is 0 Å². The average Bonchev–Trinajstić information content (AvgIpc) is 2.71. The molecule has 1 atom stereocenters. The van der Waals surface area contributed by atoms with Crippen LogP contribution < -0.4 is 4.72 Å². The van der Waals surface area contributed by atoms with E-state index >= 15 is 0 Å². The van der Waals surface area contributed by atoms with Gasteiger partial charge in [0.1, 0.15) is 0 Å². The minimum Gasteiger partial charge on any atom is -0.229 e. The van der Waals surface area contributed by atoms with Crippen molar-refractivity contribution in [1.29, 1.82) is 0 Å². The van der Waals surface area contributed by atoms with Crippen molar-refractivity contribution >= 4 is 25.9 Å². The standard InChI is InChI=1S/C15H19NO4S2/c1-15(8-9-21(17,18)11-15)16-22(19,20)14-7-6-12-4-2-3-5-13(12)10-14/h2-5,10,16H,6-9,11H2,1H3. The van der Waals surface area contributed by atoms with E-state index in [1.165, 1.54) is 0 Å². The van der Waals surface area contributed by atoms with Gasteiger partial charge >= 0.3 is 0 Å². The maximum atomic E-state index is 12.6. The minimum atomic E-state index is -3.67. The molecule has 120 valence electrons. The number of nitrogens with one attached hydrogen (secondary N) is 1. The van der Waals surface area contributed by atoms with Gasteiger partial charge in [0.05, 0.1) is 16.4 Å². The molecule has 0 aromatic heterocycles. The fourth-order valence-electron chi connectivity index (χ4n) is 3.10. The molecule has 0 amide bonds.